The van der Waals surface area contributed by atoms with Crippen molar-refractivity contribution in [3.8, 4) is 5.75 Å². The normalized spacial score (nSPS) is 18.0. The van der Waals surface area contributed by atoms with Gasteiger partial charge in [-0.1, -0.05) is 0 Å². The van der Waals surface area contributed by atoms with Gasteiger partial charge in [-0.3, -0.25) is 24.0 Å². The summed E-state index contributed by atoms with van der Waals surface area (Å²) in [5.74, 6) is -4.44. The highest BCUT2D eigenvalue weighted by Crippen LogP contribution is 2.42. The van der Waals surface area contributed by atoms with Crippen LogP contribution in [0.15, 0.2) is 17.1 Å². The van der Waals surface area contributed by atoms with Crippen LogP contribution in [0.5, 0.6) is 5.75 Å². The maximum atomic E-state index is 15.6. The molecule has 1 saturated heterocycles. The van der Waals surface area contributed by atoms with Gasteiger partial charge in [-0.05, 0) is 32.9 Å². The van der Waals surface area contributed by atoms with Crippen LogP contribution in [0.3, 0.4) is 0 Å². The maximum absolute atomic E-state index is 15.6. The summed E-state index contributed by atoms with van der Waals surface area (Å²) in [7, 11) is 1.98. The van der Waals surface area contributed by atoms with Gasteiger partial charge in [0.15, 0.2) is 11.6 Å². The SMILES string of the molecule is C[C@H]1COc2c(N3CCN(C)CC3)c(F)cc3c(=O)c(C(=O)N[C@@H](CCC(=O)O)C(=O)N[C@H](CN)CCC(=O)O)cn1c23. The van der Waals surface area contributed by atoms with Crippen LogP contribution in [0.1, 0.15) is 49.0 Å². The smallest absolute Gasteiger partial charge is 0.303 e. The summed E-state index contributed by atoms with van der Waals surface area (Å²) in [6.45, 7) is 4.48. The quantitative estimate of drug-likeness (QED) is 0.221. The number of benzene rings is 1. The molecule has 1 aromatic heterocycles. The van der Waals surface area contributed by atoms with Gasteiger partial charge in [-0.25, -0.2) is 4.39 Å². The third kappa shape index (κ3) is 7.05. The fourth-order valence-electron chi connectivity index (χ4n) is 5.32. The monoisotopic (exact) mass is 604 g/mol. The number of aliphatic carboxylic acids is 2. The molecule has 0 aliphatic carbocycles. The molecule has 2 aliphatic rings. The van der Waals surface area contributed by atoms with Crippen molar-refractivity contribution in [2.24, 2.45) is 5.73 Å². The molecule has 234 valence electrons. The van der Waals surface area contributed by atoms with Gasteiger partial charge in [0, 0.05) is 57.8 Å². The molecule has 0 saturated carbocycles. The highest BCUT2D eigenvalue weighted by Gasteiger charge is 2.32. The number of aromatic nitrogens is 1. The number of hydrogen-bond acceptors (Lipinski definition) is 9. The summed E-state index contributed by atoms with van der Waals surface area (Å²) in [6, 6.07) is -1.32. The molecule has 3 heterocycles. The van der Waals surface area contributed by atoms with Crippen molar-refractivity contribution in [3.63, 3.8) is 0 Å². The second-order valence-corrected chi connectivity index (χ2v) is 11.0. The lowest BCUT2D eigenvalue weighted by atomic mass is 10.0. The van der Waals surface area contributed by atoms with E-state index in [1.807, 2.05) is 18.9 Å². The number of ether oxygens (including phenoxy) is 1. The van der Waals surface area contributed by atoms with E-state index in [4.69, 9.17) is 15.6 Å². The van der Waals surface area contributed by atoms with Crippen LogP contribution >= 0.6 is 0 Å². The molecule has 14 nitrogen and oxygen atoms in total. The van der Waals surface area contributed by atoms with Crippen molar-refractivity contribution in [1.82, 2.24) is 20.1 Å². The first-order valence-electron chi connectivity index (χ1n) is 14.1. The Bertz CT molecular complexity index is 1470. The lowest BCUT2D eigenvalue weighted by Gasteiger charge is -2.37. The Hall–Kier alpha value is -4.24. The molecule has 0 radical (unpaired) electrons. The van der Waals surface area contributed by atoms with Crippen LogP contribution in [0.4, 0.5) is 10.1 Å². The van der Waals surface area contributed by atoms with E-state index < -0.39 is 53.5 Å². The van der Waals surface area contributed by atoms with Gasteiger partial charge >= 0.3 is 11.9 Å². The third-order valence-corrected chi connectivity index (χ3v) is 7.81. The largest absolute Gasteiger partial charge is 0.487 e. The van der Waals surface area contributed by atoms with Gasteiger partial charge in [-0.15, -0.1) is 0 Å². The van der Waals surface area contributed by atoms with Crippen LogP contribution in [-0.4, -0.2) is 102 Å². The Morgan fingerprint density at radius 2 is 1.74 bits per heavy atom. The molecule has 43 heavy (non-hydrogen) atoms. The van der Waals surface area contributed by atoms with Crippen LogP contribution in [-0.2, 0) is 14.4 Å². The van der Waals surface area contributed by atoms with Gasteiger partial charge in [0.25, 0.3) is 5.91 Å². The molecule has 0 spiro atoms. The lowest BCUT2D eigenvalue weighted by Crippen LogP contribution is -2.52. The van der Waals surface area contributed by atoms with Gasteiger partial charge in [0.05, 0.1) is 16.9 Å². The first kappa shape index (κ1) is 31.7. The minimum atomic E-state index is -1.37. The molecule has 2 amide bonds. The van der Waals surface area contributed by atoms with Crippen LogP contribution in [0.2, 0.25) is 0 Å². The second kappa shape index (κ2) is 13.4. The molecular weight excluding hydrogens is 567 g/mol. The Labute approximate surface area is 246 Å². The van der Waals surface area contributed by atoms with E-state index in [1.165, 1.54) is 6.20 Å². The minimum Gasteiger partial charge on any atom is -0.487 e. The highest BCUT2D eigenvalue weighted by atomic mass is 19.1. The van der Waals surface area contributed by atoms with Crippen molar-refractivity contribution < 1.29 is 38.5 Å². The number of amides is 2. The standard InChI is InChI=1S/C28H37FN6O8/c1-15-14-43-26-23-17(11-19(29)24(26)34-9-7-33(2)8-10-34)25(40)18(13-35(15)23)27(41)32-20(4-6-22(38)39)28(42)31-16(12-30)3-5-21(36)37/h11,13,15-16,20H,3-10,12,14,30H2,1-2H3,(H,31,42)(H,32,41)(H,36,37)(H,38,39)/t15-,16-,20-/m0/s1. The van der Waals surface area contributed by atoms with E-state index >= 15 is 4.39 Å². The first-order chi connectivity index (χ1) is 20.4. The van der Waals surface area contributed by atoms with E-state index in [0.29, 0.717) is 18.6 Å². The van der Waals surface area contributed by atoms with Crippen LogP contribution in [0.25, 0.3) is 10.9 Å². The summed E-state index contributed by atoms with van der Waals surface area (Å²) < 4.78 is 23.3. The van der Waals surface area contributed by atoms with E-state index in [2.05, 4.69) is 15.5 Å². The number of carboxylic acid groups (broad SMARTS) is 2. The Morgan fingerprint density at radius 3 is 2.37 bits per heavy atom. The predicted octanol–water partition coefficient (Wildman–Crippen LogP) is 0.117. The van der Waals surface area contributed by atoms with Crippen molar-refractivity contribution in [1.29, 1.82) is 0 Å². The average Bonchev–Trinajstić information content (AvgIpc) is 2.96. The van der Waals surface area contributed by atoms with Crippen LogP contribution in [0, 0.1) is 5.82 Å². The number of nitrogens with two attached hydrogens (primary N) is 1. The van der Waals surface area contributed by atoms with Gasteiger partial charge in [0.1, 0.15) is 23.9 Å². The highest BCUT2D eigenvalue weighted by molar-refractivity contribution is 6.01. The lowest BCUT2D eigenvalue weighted by molar-refractivity contribution is -0.138. The average molecular weight is 605 g/mol. The van der Waals surface area contributed by atoms with Gasteiger partial charge in [-0.2, -0.15) is 0 Å². The molecule has 2 aromatic rings. The molecule has 6 N–H and O–H groups in total. The molecule has 4 rings (SSSR count). The molecule has 1 fully saturated rings. The first-order valence-corrected chi connectivity index (χ1v) is 14.1. The number of halogens is 1. The summed E-state index contributed by atoms with van der Waals surface area (Å²) in [4.78, 5) is 66.3. The number of rotatable bonds is 12. The Kier molecular flexibility index (Phi) is 9.86. The fourth-order valence-corrected chi connectivity index (χ4v) is 5.32. The third-order valence-electron chi connectivity index (χ3n) is 7.81. The maximum Gasteiger partial charge on any atom is 0.303 e. The number of carbonyl (C=O) groups excluding carboxylic acids is 2. The molecule has 0 unspecified atom stereocenters. The van der Waals surface area contributed by atoms with Crippen LogP contribution < -0.4 is 31.4 Å². The number of piperazine rings is 1. The summed E-state index contributed by atoms with van der Waals surface area (Å²) in [5, 5.41) is 23.1. The topological polar surface area (TPSA) is 197 Å². The van der Waals surface area contributed by atoms with Gasteiger partial charge in [0.2, 0.25) is 11.3 Å². The Morgan fingerprint density at radius 1 is 1.09 bits per heavy atom. The number of nitrogens with zero attached hydrogens (tertiary/aromatic N) is 3. The van der Waals surface area contributed by atoms with Crippen molar-refractivity contribution in [2.45, 2.75) is 50.7 Å². The number of carboxylic acids is 2. The molecule has 2 aliphatic heterocycles. The zero-order valence-electron chi connectivity index (χ0n) is 24.1. The Balaban J connectivity index is 1.68. The summed E-state index contributed by atoms with van der Waals surface area (Å²) in [5.41, 5.74) is 5.15. The van der Waals surface area contributed by atoms with E-state index in [9.17, 15) is 29.1 Å². The molecule has 1 aromatic carbocycles. The van der Waals surface area contributed by atoms with E-state index in [0.717, 1.165) is 19.2 Å². The predicted molar refractivity (Wildman–Crippen MR) is 154 cm³/mol. The number of nitrogens with one attached hydrogen (secondary N) is 2. The second-order valence-electron chi connectivity index (χ2n) is 11.0. The number of pyridine rings is 1. The van der Waals surface area contributed by atoms with Crippen molar-refractivity contribution in [3.05, 3.63) is 33.9 Å². The van der Waals surface area contributed by atoms with E-state index in [-0.39, 0.29) is 60.8 Å². The minimum absolute atomic E-state index is 0.0243. The number of likely N-dealkylation sites (N-methyl/N-ethyl adjacent to an activating group) is 1. The number of anilines is 1. The van der Waals surface area contributed by atoms with Crippen molar-refractivity contribution in [2.75, 3.05) is 51.3 Å². The number of hydrogen-bond donors (Lipinski definition) is 5. The molecular formula is C28H37FN6O8. The zero-order valence-corrected chi connectivity index (χ0v) is 24.1. The fraction of sp³-hybridized carbons (Fsp3) is 0.536. The summed E-state index contributed by atoms with van der Waals surface area (Å²) in [6.07, 6.45) is 0.339. The van der Waals surface area contributed by atoms with E-state index in [1.54, 1.807) is 4.57 Å². The molecule has 0 bridgehead atoms. The zero-order chi connectivity index (χ0) is 31.4. The number of carbonyl (C=O) groups is 4. The summed E-state index contributed by atoms with van der Waals surface area (Å²) >= 11 is 0. The molecule has 15 heteroatoms. The van der Waals surface area contributed by atoms with Crippen molar-refractivity contribution >= 4 is 40.3 Å². The molecule has 3 atom stereocenters. The van der Waals surface area contributed by atoms with Gasteiger partial charge < -0.3 is 45.7 Å².